The largest absolute Gasteiger partial charge is 0.364 e. The Balaban J connectivity index is 4.04. The lowest BCUT2D eigenvalue weighted by Crippen LogP contribution is -2.48. The lowest BCUT2D eigenvalue weighted by atomic mass is 10.0. The third-order valence-corrected chi connectivity index (χ3v) is 9.47. The highest BCUT2D eigenvalue weighted by molar-refractivity contribution is 5.87. The van der Waals surface area contributed by atoms with Crippen molar-refractivity contribution in [2.45, 2.75) is 213 Å². The maximum absolute atomic E-state index is 13.0. The van der Waals surface area contributed by atoms with Crippen LogP contribution in [0, 0.1) is 5.41 Å². The summed E-state index contributed by atoms with van der Waals surface area (Å²) in [5, 5.41) is 13.9. The van der Waals surface area contributed by atoms with Crippen LogP contribution in [0.1, 0.15) is 207 Å². The Kier molecular flexibility index (Phi) is 34.1. The van der Waals surface area contributed by atoms with E-state index in [1.807, 2.05) is 11.9 Å². The number of rotatable bonds is 35. The van der Waals surface area contributed by atoms with Crippen molar-refractivity contribution in [1.29, 1.82) is 5.41 Å². The summed E-state index contributed by atoms with van der Waals surface area (Å²) in [5.41, 5.74) is 0. The Bertz CT molecular complexity index is 754. The van der Waals surface area contributed by atoms with Gasteiger partial charge in [-0.05, 0) is 51.9 Å². The van der Waals surface area contributed by atoms with Gasteiger partial charge in [-0.1, -0.05) is 161 Å². The van der Waals surface area contributed by atoms with E-state index in [9.17, 15) is 9.59 Å². The number of nitrogens with one attached hydrogen (secondary N) is 3. The minimum Gasteiger partial charge on any atom is -0.364 e. The normalized spacial score (nSPS) is 12.0. The first-order valence-corrected chi connectivity index (χ1v) is 20.4. The predicted octanol–water partition coefficient (Wildman–Crippen LogP) is 11.4. The second-order valence-electron chi connectivity index (χ2n) is 14.1. The lowest BCUT2D eigenvalue weighted by Gasteiger charge is -2.23. The number of amides is 2. The van der Waals surface area contributed by atoms with Crippen molar-refractivity contribution in [2.24, 2.45) is 0 Å². The molecule has 0 saturated heterocycles. The summed E-state index contributed by atoms with van der Waals surface area (Å²) in [4.78, 5) is 27.6. The summed E-state index contributed by atoms with van der Waals surface area (Å²) in [5.74, 6) is 0.341. The molecule has 1 unspecified atom stereocenters. The Morgan fingerprint density at radius 3 is 1.47 bits per heavy atom. The molecule has 0 radical (unpaired) electrons. The highest BCUT2D eigenvalue weighted by Gasteiger charge is 2.21. The first-order valence-electron chi connectivity index (χ1n) is 20.4. The number of allylic oxidation sites excluding steroid dienone is 2. The highest BCUT2D eigenvalue weighted by Crippen LogP contribution is 2.13. The van der Waals surface area contributed by atoms with Gasteiger partial charge in [-0.15, -0.1) is 0 Å². The third kappa shape index (κ3) is 32.5. The molecule has 0 heterocycles. The molecule has 47 heavy (non-hydrogen) atoms. The summed E-state index contributed by atoms with van der Waals surface area (Å²) in [6.45, 7) is 7.52. The molecule has 0 aliphatic carbocycles. The van der Waals surface area contributed by atoms with Gasteiger partial charge in [-0.2, -0.15) is 0 Å². The number of amidine groups is 1. The van der Waals surface area contributed by atoms with Gasteiger partial charge in [0.25, 0.3) is 0 Å². The van der Waals surface area contributed by atoms with E-state index < -0.39 is 6.04 Å². The average Bonchev–Trinajstić information content (AvgIpc) is 3.06. The average molecular weight is 661 g/mol. The van der Waals surface area contributed by atoms with Crippen LogP contribution in [-0.4, -0.2) is 48.7 Å². The molecule has 276 valence electrons. The SMILES string of the molecule is CCCCCCCC/C=C/CCCCCCCC(=O)NC(CCN(C)C(C)=N)C(=O)NCCCCCCCCCCCCCCCC. The number of nitrogens with zero attached hydrogens (tertiary/aromatic N) is 1. The van der Waals surface area contributed by atoms with Crippen LogP contribution in [-0.2, 0) is 9.59 Å². The van der Waals surface area contributed by atoms with Crippen LogP contribution < -0.4 is 10.6 Å². The zero-order valence-electron chi connectivity index (χ0n) is 31.9. The van der Waals surface area contributed by atoms with E-state index in [0.29, 0.717) is 31.8 Å². The zero-order chi connectivity index (χ0) is 34.6. The van der Waals surface area contributed by atoms with Gasteiger partial charge in [0.2, 0.25) is 11.8 Å². The molecule has 1 atom stereocenters. The molecule has 2 amide bonds. The van der Waals surface area contributed by atoms with Gasteiger partial charge in [-0.25, -0.2) is 0 Å². The van der Waals surface area contributed by atoms with E-state index in [1.165, 1.54) is 135 Å². The topological polar surface area (TPSA) is 85.3 Å². The molecule has 0 rings (SSSR count). The Hall–Kier alpha value is -1.85. The van der Waals surface area contributed by atoms with Crippen LogP contribution in [0.5, 0.6) is 0 Å². The summed E-state index contributed by atoms with van der Waals surface area (Å²) in [6, 6.07) is -0.543. The van der Waals surface area contributed by atoms with Crippen LogP contribution in [0.25, 0.3) is 0 Å². The standard InChI is InChI=1S/C41H80N4O2/c1-5-7-9-11-13-15-17-19-21-22-24-26-28-30-32-34-40(46)44-39(35-37-45(4)38(3)42)41(47)43-36-33-31-29-27-25-23-20-18-16-14-12-10-8-6-2/h19,21,39,42H,5-18,20,22-37H2,1-4H3,(H,43,47)(H,44,46)/b21-19+,42-38?. The van der Waals surface area contributed by atoms with Crippen molar-refractivity contribution in [3.8, 4) is 0 Å². The quantitative estimate of drug-likeness (QED) is 0.0274. The first kappa shape index (κ1) is 45.2. The molecular weight excluding hydrogens is 580 g/mol. The first-order chi connectivity index (χ1) is 22.9. The summed E-state index contributed by atoms with van der Waals surface area (Å²) < 4.78 is 0. The molecule has 0 bridgehead atoms. The van der Waals surface area contributed by atoms with Gasteiger partial charge in [-0.3, -0.25) is 15.0 Å². The maximum atomic E-state index is 13.0. The van der Waals surface area contributed by atoms with E-state index in [-0.39, 0.29) is 11.8 Å². The molecule has 0 aliphatic heterocycles. The van der Waals surface area contributed by atoms with Gasteiger partial charge < -0.3 is 15.5 Å². The number of carbonyl (C=O) groups is 2. The van der Waals surface area contributed by atoms with Crippen LogP contribution in [0.15, 0.2) is 12.2 Å². The fourth-order valence-electron chi connectivity index (χ4n) is 6.04. The summed E-state index contributed by atoms with van der Waals surface area (Å²) in [7, 11) is 1.86. The van der Waals surface area contributed by atoms with E-state index in [1.54, 1.807) is 6.92 Å². The van der Waals surface area contributed by atoms with Crippen molar-refractivity contribution in [3.05, 3.63) is 12.2 Å². The molecular formula is C41H80N4O2. The number of carbonyl (C=O) groups excluding carboxylic acids is 2. The number of unbranched alkanes of at least 4 members (excludes halogenated alkanes) is 24. The Morgan fingerprint density at radius 1 is 0.617 bits per heavy atom. The molecule has 0 spiro atoms. The molecule has 6 heteroatoms. The molecule has 0 saturated carbocycles. The van der Waals surface area contributed by atoms with Gasteiger partial charge in [0.1, 0.15) is 6.04 Å². The van der Waals surface area contributed by atoms with E-state index in [2.05, 4.69) is 36.6 Å². The van der Waals surface area contributed by atoms with Gasteiger partial charge in [0.05, 0.1) is 5.84 Å². The molecule has 0 aromatic heterocycles. The number of hydrogen-bond donors (Lipinski definition) is 3. The van der Waals surface area contributed by atoms with Crippen molar-refractivity contribution >= 4 is 17.6 Å². The molecule has 0 aromatic rings. The van der Waals surface area contributed by atoms with Crippen molar-refractivity contribution in [1.82, 2.24) is 15.5 Å². The van der Waals surface area contributed by atoms with E-state index >= 15 is 0 Å². The second kappa shape index (κ2) is 35.5. The Morgan fingerprint density at radius 2 is 1.02 bits per heavy atom. The smallest absolute Gasteiger partial charge is 0.242 e. The fraction of sp³-hybridized carbons (Fsp3) is 0.878. The van der Waals surface area contributed by atoms with Crippen molar-refractivity contribution in [2.75, 3.05) is 20.1 Å². The van der Waals surface area contributed by atoms with Crippen LogP contribution >= 0.6 is 0 Å². The lowest BCUT2D eigenvalue weighted by molar-refractivity contribution is -0.129. The van der Waals surface area contributed by atoms with Crippen LogP contribution in [0.3, 0.4) is 0 Å². The minimum absolute atomic E-state index is 0.0338. The van der Waals surface area contributed by atoms with Crippen LogP contribution in [0.4, 0.5) is 0 Å². The molecule has 3 N–H and O–H groups in total. The maximum Gasteiger partial charge on any atom is 0.242 e. The number of hydrogen-bond acceptors (Lipinski definition) is 3. The van der Waals surface area contributed by atoms with Crippen LogP contribution in [0.2, 0.25) is 0 Å². The fourth-order valence-corrected chi connectivity index (χ4v) is 6.04. The summed E-state index contributed by atoms with van der Waals surface area (Å²) >= 11 is 0. The molecule has 0 fully saturated rings. The second-order valence-corrected chi connectivity index (χ2v) is 14.1. The van der Waals surface area contributed by atoms with Gasteiger partial charge in [0.15, 0.2) is 0 Å². The van der Waals surface area contributed by atoms with Crippen molar-refractivity contribution < 1.29 is 9.59 Å². The van der Waals surface area contributed by atoms with Gasteiger partial charge >= 0.3 is 0 Å². The molecule has 0 aromatic carbocycles. The van der Waals surface area contributed by atoms with E-state index in [4.69, 9.17) is 5.41 Å². The molecule has 6 nitrogen and oxygen atoms in total. The van der Waals surface area contributed by atoms with Gasteiger partial charge in [0, 0.05) is 26.6 Å². The molecule has 0 aliphatic rings. The minimum atomic E-state index is -0.543. The van der Waals surface area contributed by atoms with Crippen molar-refractivity contribution in [3.63, 3.8) is 0 Å². The predicted molar refractivity (Wildman–Crippen MR) is 205 cm³/mol. The Labute approximate surface area is 293 Å². The summed E-state index contributed by atoms with van der Waals surface area (Å²) in [6.07, 6.45) is 40.2. The third-order valence-electron chi connectivity index (χ3n) is 9.47. The highest BCUT2D eigenvalue weighted by atomic mass is 16.2. The van der Waals surface area contributed by atoms with E-state index in [0.717, 1.165) is 38.5 Å². The monoisotopic (exact) mass is 661 g/mol. The zero-order valence-corrected chi connectivity index (χ0v) is 31.9.